The predicted octanol–water partition coefficient (Wildman–Crippen LogP) is 1.88. The lowest BCUT2D eigenvalue weighted by molar-refractivity contribution is 0.325. The van der Waals surface area contributed by atoms with Gasteiger partial charge in [0.15, 0.2) is 0 Å². The molecule has 0 amide bonds. The van der Waals surface area contributed by atoms with Gasteiger partial charge in [-0.3, -0.25) is 0 Å². The second kappa shape index (κ2) is 4.43. The van der Waals surface area contributed by atoms with E-state index in [9.17, 15) is 0 Å². The molecule has 2 unspecified atom stereocenters. The van der Waals surface area contributed by atoms with E-state index in [4.69, 9.17) is 11.5 Å². The molecule has 0 aromatic rings. The van der Waals surface area contributed by atoms with E-state index < -0.39 is 0 Å². The average molecular weight is 184 g/mol. The zero-order chi connectivity index (χ0) is 9.90. The van der Waals surface area contributed by atoms with Gasteiger partial charge in [-0.2, -0.15) is 0 Å². The molecule has 0 aromatic heterocycles. The molecule has 1 aliphatic carbocycles. The Bertz CT molecular complexity index is 156. The topological polar surface area (TPSA) is 52.0 Å². The van der Waals surface area contributed by atoms with Crippen LogP contribution in [-0.4, -0.2) is 12.1 Å². The van der Waals surface area contributed by atoms with E-state index in [1.54, 1.807) is 0 Å². The van der Waals surface area contributed by atoms with E-state index in [1.807, 2.05) is 0 Å². The van der Waals surface area contributed by atoms with Crippen LogP contribution in [0, 0.1) is 11.8 Å². The third kappa shape index (κ3) is 2.96. The second-order valence-electron chi connectivity index (χ2n) is 5.00. The lowest BCUT2D eigenvalue weighted by Gasteiger charge is -2.26. The first-order valence-corrected chi connectivity index (χ1v) is 5.56. The van der Waals surface area contributed by atoms with Gasteiger partial charge in [0.05, 0.1) is 0 Å². The van der Waals surface area contributed by atoms with E-state index >= 15 is 0 Å². The molecule has 0 spiro atoms. The molecule has 0 bridgehead atoms. The fourth-order valence-corrected chi connectivity index (χ4v) is 2.33. The molecule has 2 nitrogen and oxygen atoms in total. The molecule has 2 atom stereocenters. The first kappa shape index (κ1) is 11.0. The molecule has 0 radical (unpaired) electrons. The number of rotatable bonds is 2. The third-order valence-corrected chi connectivity index (χ3v) is 3.61. The zero-order valence-electron chi connectivity index (χ0n) is 9.05. The Hall–Kier alpha value is -0.0800. The Morgan fingerprint density at radius 2 is 2.00 bits per heavy atom. The van der Waals surface area contributed by atoms with Crippen LogP contribution >= 0.6 is 0 Å². The number of nitrogens with two attached hydrogens (primary N) is 2. The van der Waals surface area contributed by atoms with Crippen molar-refractivity contribution >= 4 is 0 Å². The third-order valence-electron chi connectivity index (χ3n) is 3.61. The smallest absolute Gasteiger partial charge is 0.0278 e. The van der Waals surface area contributed by atoms with Gasteiger partial charge in [-0.25, -0.2) is 0 Å². The van der Waals surface area contributed by atoms with Crippen molar-refractivity contribution in [2.75, 3.05) is 6.54 Å². The van der Waals surface area contributed by atoms with Crippen molar-refractivity contribution in [3.8, 4) is 0 Å². The molecule has 1 fully saturated rings. The monoisotopic (exact) mass is 184 g/mol. The van der Waals surface area contributed by atoms with Gasteiger partial charge in [-0.15, -0.1) is 0 Å². The summed E-state index contributed by atoms with van der Waals surface area (Å²) in [4.78, 5) is 0. The second-order valence-corrected chi connectivity index (χ2v) is 5.00. The Balaban J connectivity index is 2.48. The van der Waals surface area contributed by atoms with Crippen LogP contribution in [0.2, 0.25) is 0 Å². The highest BCUT2D eigenvalue weighted by atomic mass is 14.8. The van der Waals surface area contributed by atoms with E-state index in [-0.39, 0.29) is 5.54 Å². The maximum atomic E-state index is 6.20. The van der Waals surface area contributed by atoms with Crippen LogP contribution in [0.15, 0.2) is 0 Å². The minimum atomic E-state index is -0.0519. The minimum Gasteiger partial charge on any atom is -0.329 e. The van der Waals surface area contributed by atoms with Gasteiger partial charge in [-0.1, -0.05) is 26.7 Å². The molecule has 0 saturated heterocycles. The fraction of sp³-hybridized carbons (Fsp3) is 1.00. The van der Waals surface area contributed by atoms with Crippen LogP contribution in [0.1, 0.15) is 46.0 Å². The summed E-state index contributed by atoms with van der Waals surface area (Å²) in [5, 5.41) is 0. The SMILES string of the molecule is CC(C)C1CCCC(N)(CN)CC1. The van der Waals surface area contributed by atoms with Crippen molar-refractivity contribution in [3.63, 3.8) is 0 Å². The molecule has 1 rings (SSSR count). The summed E-state index contributed by atoms with van der Waals surface area (Å²) in [6.45, 7) is 5.28. The van der Waals surface area contributed by atoms with Crippen molar-refractivity contribution in [3.05, 3.63) is 0 Å². The minimum absolute atomic E-state index is 0.0519. The van der Waals surface area contributed by atoms with Crippen LogP contribution in [-0.2, 0) is 0 Å². The van der Waals surface area contributed by atoms with Gasteiger partial charge >= 0.3 is 0 Å². The fourth-order valence-electron chi connectivity index (χ4n) is 2.33. The van der Waals surface area contributed by atoms with Crippen LogP contribution in [0.3, 0.4) is 0 Å². The van der Waals surface area contributed by atoms with Crippen molar-refractivity contribution in [2.45, 2.75) is 51.5 Å². The number of hydrogen-bond donors (Lipinski definition) is 2. The van der Waals surface area contributed by atoms with Crippen LogP contribution in [0.4, 0.5) is 0 Å². The summed E-state index contributed by atoms with van der Waals surface area (Å²) < 4.78 is 0. The first-order valence-electron chi connectivity index (χ1n) is 5.56. The Kier molecular flexibility index (Phi) is 3.74. The zero-order valence-corrected chi connectivity index (χ0v) is 9.05. The predicted molar refractivity (Wildman–Crippen MR) is 57.4 cm³/mol. The summed E-state index contributed by atoms with van der Waals surface area (Å²) in [6, 6.07) is 0. The van der Waals surface area contributed by atoms with Gasteiger partial charge in [0, 0.05) is 12.1 Å². The summed E-state index contributed by atoms with van der Waals surface area (Å²) >= 11 is 0. The van der Waals surface area contributed by atoms with E-state index in [1.165, 1.54) is 19.3 Å². The molecule has 0 heterocycles. The standard InChI is InChI=1S/C11H24N2/c1-9(2)10-4-3-6-11(13,8-12)7-5-10/h9-10H,3-8,12-13H2,1-2H3. The Morgan fingerprint density at radius 1 is 1.31 bits per heavy atom. The Labute approximate surface area is 82.1 Å². The summed E-state index contributed by atoms with van der Waals surface area (Å²) in [6.07, 6.45) is 6.11. The van der Waals surface area contributed by atoms with Gasteiger partial charge in [0.25, 0.3) is 0 Å². The first-order chi connectivity index (χ1) is 6.07. The quantitative estimate of drug-likeness (QED) is 0.644. The normalized spacial score (nSPS) is 36.2. The molecule has 78 valence electrons. The average Bonchev–Trinajstić information content (AvgIpc) is 2.28. The highest BCUT2D eigenvalue weighted by molar-refractivity contribution is 4.88. The van der Waals surface area contributed by atoms with Crippen molar-refractivity contribution in [1.82, 2.24) is 0 Å². The van der Waals surface area contributed by atoms with Crippen LogP contribution in [0.25, 0.3) is 0 Å². The summed E-state index contributed by atoms with van der Waals surface area (Å²) in [5.74, 6) is 1.68. The van der Waals surface area contributed by atoms with Crippen LogP contribution in [0.5, 0.6) is 0 Å². The summed E-state index contributed by atoms with van der Waals surface area (Å²) in [7, 11) is 0. The molecule has 4 N–H and O–H groups in total. The Morgan fingerprint density at radius 3 is 2.54 bits per heavy atom. The maximum absolute atomic E-state index is 6.20. The maximum Gasteiger partial charge on any atom is 0.0278 e. The molecule has 0 aromatic carbocycles. The number of hydrogen-bond acceptors (Lipinski definition) is 2. The molecule has 0 aliphatic heterocycles. The lowest BCUT2D eigenvalue weighted by Crippen LogP contribution is -2.46. The molecule has 13 heavy (non-hydrogen) atoms. The van der Waals surface area contributed by atoms with Gasteiger partial charge in [0.1, 0.15) is 0 Å². The summed E-state index contributed by atoms with van der Waals surface area (Å²) in [5.41, 5.74) is 11.8. The van der Waals surface area contributed by atoms with E-state index in [2.05, 4.69) is 13.8 Å². The van der Waals surface area contributed by atoms with Gasteiger partial charge in [0.2, 0.25) is 0 Å². The van der Waals surface area contributed by atoms with Crippen molar-refractivity contribution in [1.29, 1.82) is 0 Å². The van der Waals surface area contributed by atoms with Gasteiger partial charge in [-0.05, 0) is 31.1 Å². The lowest BCUT2D eigenvalue weighted by atomic mass is 9.87. The van der Waals surface area contributed by atoms with Crippen molar-refractivity contribution < 1.29 is 0 Å². The van der Waals surface area contributed by atoms with E-state index in [0.717, 1.165) is 24.7 Å². The molecular weight excluding hydrogens is 160 g/mol. The molecule has 1 saturated carbocycles. The highest BCUT2D eigenvalue weighted by Crippen LogP contribution is 2.32. The van der Waals surface area contributed by atoms with Crippen molar-refractivity contribution in [2.24, 2.45) is 23.3 Å². The van der Waals surface area contributed by atoms with Gasteiger partial charge < -0.3 is 11.5 Å². The molecule has 1 aliphatic rings. The highest BCUT2D eigenvalue weighted by Gasteiger charge is 2.28. The van der Waals surface area contributed by atoms with E-state index in [0.29, 0.717) is 6.54 Å². The molecule has 2 heteroatoms. The molecular formula is C11H24N2. The largest absolute Gasteiger partial charge is 0.329 e. The van der Waals surface area contributed by atoms with Crippen LogP contribution < -0.4 is 11.5 Å².